The van der Waals surface area contributed by atoms with Crippen LogP contribution in [0.4, 0.5) is 0 Å². The topological polar surface area (TPSA) is 104 Å². The van der Waals surface area contributed by atoms with Gasteiger partial charge in [-0.25, -0.2) is 13.2 Å². The standard InChI is InChI=1S/C15H20N2O5S/c1-2-16-14(18)11-7-9-17(10-8-11)23(21,22)13-6-4-3-5-12(13)15(19)20/h3-6,11H,2,7-10H2,1H3,(H,16,18)(H,19,20). The van der Waals surface area contributed by atoms with Crippen LogP contribution < -0.4 is 5.32 Å². The number of nitrogens with one attached hydrogen (secondary N) is 1. The fourth-order valence-corrected chi connectivity index (χ4v) is 4.34. The van der Waals surface area contributed by atoms with E-state index in [4.69, 9.17) is 5.11 Å². The number of benzene rings is 1. The largest absolute Gasteiger partial charge is 0.478 e. The third-order valence-electron chi connectivity index (χ3n) is 3.91. The first kappa shape index (κ1) is 17.4. The van der Waals surface area contributed by atoms with Crippen LogP contribution in [0.15, 0.2) is 29.2 Å². The molecular weight excluding hydrogens is 320 g/mol. The Balaban J connectivity index is 2.17. The van der Waals surface area contributed by atoms with E-state index in [0.29, 0.717) is 19.4 Å². The Labute approximate surface area is 135 Å². The molecule has 0 bridgehead atoms. The van der Waals surface area contributed by atoms with Gasteiger partial charge in [-0.2, -0.15) is 4.31 Å². The number of piperidine rings is 1. The van der Waals surface area contributed by atoms with Crippen molar-refractivity contribution in [1.82, 2.24) is 9.62 Å². The third-order valence-corrected chi connectivity index (χ3v) is 5.87. The first-order valence-electron chi connectivity index (χ1n) is 7.48. The molecular formula is C15H20N2O5S. The summed E-state index contributed by atoms with van der Waals surface area (Å²) in [4.78, 5) is 22.8. The van der Waals surface area contributed by atoms with Crippen molar-refractivity contribution >= 4 is 21.9 Å². The van der Waals surface area contributed by atoms with Gasteiger partial charge in [-0.15, -0.1) is 0 Å². The molecule has 126 valence electrons. The Bertz CT molecular complexity index is 694. The highest BCUT2D eigenvalue weighted by Gasteiger charge is 2.33. The van der Waals surface area contributed by atoms with Crippen LogP contribution >= 0.6 is 0 Å². The average molecular weight is 340 g/mol. The molecule has 7 nitrogen and oxygen atoms in total. The average Bonchev–Trinajstić information content (AvgIpc) is 2.55. The van der Waals surface area contributed by atoms with Crippen LogP contribution in [-0.4, -0.2) is 49.3 Å². The second-order valence-electron chi connectivity index (χ2n) is 5.37. The number of sulfonamides is 1. The molecule has 1 amide bonds. The van der Waals surface area contributed by atoms with Gasteiger partial charge in [0.2, 0.25) is 15.9 Å². The SMILES string of the molecule is CCNC(=O)C1CCN(S(=O)(=O)c2ccccc2C(=O)O)CC1. The van der Waals surface area contributed by atoms with Crippen molar-refractivity contribution in [3.8, 4) is 0 Å². The van der Waals surface area contributed by atoms with Crippen molar-refractivity contribution in [2.24, 2.45) is 5.92 Å². The lowest BCUT2D eigenvalue weighted by Crippen LogP contribution is -2.43. The van der Waals surface area contributed by atoms with E-state index >= 15 is 0 Å². The molecule has 0 aliphatic carbocycles. The number of hydrogen-bond donors (Lipinski definition) is 2. The Morgan fingerprint density at radius 3 is 2.43 bits per heavy atom. The van der Waals surface area contributed by atoms with Crippen molar-refractivity contribution in [3.63, 3.8) is 0 Å². The summed E-state index contributed by atoms with van der Waals surface area (Å²) in [5, 5.41) is 11.9. The summed E-state index contributed by atoms with van der Waals surface area (Å²) in [7, 11) is -3.88. The molecule has 2 rings (SSSR count). The zero-order chi connectivity index (χ0) is 17.0. The molecule has 1 heterocycles. The number of nitrogens with zero attached hydrogens (tertiary/aromatic N) is 1. The molecule has 1 aliphatic heterocycles. The van der Waals surface area contributed by atoms with Crippen molar-refractivity contribution in [3.05, 3.63) is 29.8 Å². The summed E-state index contributed by atoms with van der Waals surface area (Å²) in [5.41, 5.74) is -0.238. The van der Waals surface area contributed by atoms with Crippen LogP contribution in [0.5, 0.6) is 0 Å². The number of carbonyl (C=O) groups excluding carboxylic acids is 1. The van der Waals surface area contributed by atoms with E-state index in [1.54, 1.807) is 0 Å². The number of rotatable bonds is 5. The highest BCUT2D eigenvalue weighted by atomic mass is 32.2. The van der Waals surface area contributed by atoms with Crippen molar-refractivity contribution in [2.45, 2.75) is 24.7 Å². The molecule has 1 aromatic rings. The highest BCUT2D eigenvalue weighted by Crippen LogP contribution is 2.26. The minimum Gasteiger partial charge on any atom is -0.478 e. The first-order chi connectivity index (χ1) is 10.9. The molecule has 0 unspecified atom stereocenters. The van der Waals surface area contributed by atoms with Crippen LogP contribution in [0.25, 0.3) is 0 Å². The Kier molecular flexibility index (Phi) is 5.38. The highest BCUT2D eigenvalue weighted by molar-refractivity contribution is 7.89. The first-order valence-corrected chi connectivity index (χ1v) is 8.92. The second kappa shape index (κ2) is 7.10. The lowest BCUT2D eigenvalue weighted by molar-refractivity contribution is -0.126. The Hall–Kier alpha value is -1.93. The zero-order valence-electron chi connectivity index (χ0n) is 12.9. The van der Waals surface area contributed by atoms with E-state index in [2.05, 4.69) is 5.32 Å². The zero-order valence-corrected chi connectivity index (χ0v) is 13.7. The summed E-state index contributed by atoms with van der Waals surface area (Å²) in [6.45, 7) is 2.79. The molecule has 8 heteroatoms. The minimum atomic E-state index is -3.88. The number of carboxylic acids is 1. The lowest BCUT2D eigenvalue weighted by Gasteiger charge is -2.30. The van der Waals surface area contributed by atoms with Gasteiger partial charge in [0, 0.05) is 25.6 Å². The lowest BCUT2D eigenvalue weighted by atomic mass is 9.97. The van der Waals surface area contributed by atoms with Gasteiger partial charge in [0.15, 0.2) is 0 Å². The van der Waals surface area contributed by atoms with Gasteiger partial charge in [0.05, 0.1) is 10.5 Å². The molecule has 0 radical (unpaired) electrons. The quantitative estimate of drug-likeness (QED) is 0.829. The van der Waals surface area contributed by atoms with Crippen LogP contribution in [0.3, 0.4) is 0 Å². The maximum Gasteiger partial charge on any atom is 0.337 e. The Morgan fingerprint density at radius 1 is 1.26 bits per heavy atom. The van der Waals surface area contributed by atoms with Crippen LogP contribution in [-0.2, 0) is 14.8 Å². The van der Waals surface area contributed by atoms with Gasteiger partial charge in [0.1, 0.15) is 0 Å². The van der Waals surface area contributed by atoms with E-state index in [1.165, 1.54) is 28.6 Å². The number of amides is 1. The minimum absolute atomic E-state index is 0.0597. The van der Waals surface area contributed by atoms with Gasteiger partial charge in [-0.1, -0.05) is 12.1 Å². The second-order valence-corrected chi connectivity index (χ2v) is 7.28. The van der Waals surface area contributed by atoms with E-state index < -0.39 is 16.0 Å². The maximum atomic E-state index is 12.7. The van der Waals surface area contributed by atoms with Crippen molar-refractivity contribution < 1.29 is 23.1 Å². The van der Waals surface area contributed by atoms with E-state index in [9.17, 15) is 18.0 Å². The van der Waals surface area contributed by atoms with Gasteiger partial charge in [-0.05, 0) is 31.9 Å². The monoisotopic (exact) mass is 340 g/mol. The predicted molar refractivity (Wildman–Crippen MR) is 83.6 cm³/mol. The molecule has 2 N–H and O–H groups in total. The third kappa shape index (κ3) is 3.70. The van der Waals surface area contributed by atoms with E-state index in [1.807, 2.05) is 6.92 Å². The summed E-state index contributed by atoms with van der Waals surface area (Å²) in [5.74, 6) is -1.53. The molecule has 1 aromatic carbocycles. The molecule has 1 saturated heterocycles. The fourth-order valence-electron chi connectivity index (χ4n) is 2.68. The molecule has 0 atom stereocenters. The summed E-state index contributed by atoms with van der Waals surface area (Å²) < 4.78 is 26.6. The molecule has 0 spiro atoms. The smallest absolute Gasteiger partial charge is 0.337 e. The van der Waals surface area contributed by atoms with E-state index in [0.717, 1.165) is 0 Å². The van der Waals surface area contributed by atoms with E-state index in [-0.39, 0.29) is 35.4 Å². The maximum absolute atomic E-state index is 12.7. The van der Waals surface area contributed by atoms with Crippen molar-refractivity contribution in [1.29, 1.82) is 0 Å². The van der Waals surface area contributed by atoms with Gasteiger partial charge >= 0.3 is 5.97 Å². The number of aromatic carboxylic acids is 1. The van der Waals surface area contributed by atoms with Crippen LogP contribution in [0, 0.1) is 5.92 Å². The molecule has 0 saturated carbocycles. The van der Waals surface area contributed by atoms with Crippen LogP contribution in [0.2, 0.25) is 0 Å². The van der Waals surface area contributed by atoms with Gasteiger partial charge < -0.3 is 10.4 Å². The normalized spacial score (nSPS) is 16.9. The van der Waals surface area contributed by atoms with Gasteiger partial charge in [-0.3, -0.25) is 4.79 Å². The van der Waals surface area contributed by atoms with Crippen molar-refractivity contribution in [2.75, 3.05) is 19.6 Å². The summed E-state index contributed by atoms with van der Waals surface area (Å²) in [6.07, 6.45) is 0.862. The van der Waals surface area contributed by atoms with Crippen LogP contribution in [0.1, 0.15) is 30.1 Å². The molecule has 0 aromatic heterocycles. The molecule has 23 heavy (non-hydrogen) atoms. The summed E-state index contributed by atoms with van der Waals surface area (Å²) in [6, 6.07) is 5.57. The summed E-state index contributed by atoms with van der Waals surface area (Å²) >= 11 is 0. The molecule has 1 aliphatic rings. The predicted octanol–water partition coefficient (Wildman–Crippen LogP) is 0.922. The number of hydrogen-bond acceptors (Lipinski definition) is 4. The Morgan fingerprint density at radius 2 is 1.87 bits per heavy atom. The number of carboxylic acid groups (broad SMARTS) is 1. The van der Waals surface area contributed by atoms with Gasteiger partial charge in [0.25, 0.3) is 0 Å². The molecule has 1 fully saturated rings. The number of carbonyl (C=O) groups is 2. The fraction of sp³-hybridized carbons (Fsp3) is 0.467.